The maximum Gasteiger partial charge on any atom is 0.254 e. The topological polar surface area (TPSA) is 43.9 Å². The highest BCUT2D eigenvalue weighted by Crippen LogP contribution is 2.17. The molecule has 1 aliphatic rings. The molecule has 0 unspecified atom stereocenters. The average molecular weight is 498 g/mol. The first-order valence-corrected chi connectivity index (χ1v) is 12.7. The highest BCUT2D eigenvalue weighted by atomic mass is 32.1. The van der Waals surface area contributed by atoms with Crippen molar-refractivity contribution in [1.82, 2.24) is 14.7 Å². The van der Waals surface area contributed by atoms with Gasteiger partial charge in [0.2, 0.25) is 5.91 Å². The van der Waals surface area contributed by atoms with Crippen LogP contribution in [0, 0.1) is 11.6 Å². The minimum atomic E-state index is -0.489. The third kappa shape index (κ3) is 7.19. The molecule has 0 saturated carbocycles. The fourth-order valence-corrected chi connectivity index (χ4v) is 4.94. The molecule has 1 aliphatic heterocycles. The van der Waals surface area contributed by atoms with Crippen molar-refractivity contribution in [3.05, 3.63) is 93.7 Å². The van der Waals surface area contributed by atoms with E-state index in [1.54, 1.807) is 34.4 Å². The van der Waals surface area contributed by atoms with Crippen molar-refractivity contribution in [3.8, 4) is 0 Å². The Labute approximate surface area is 208 Å². The molecule has 1 aromatic heterocycles. The maximum absolute atomic E-state index is 13.8. The van der Waals surface area contributed by atoms with Crippen molar-refractivity contribution >= 4 is 23.2 Å². The summed E-state index contributed by atoms with van der Waals surface area (Å²) in [6.45, 7) is 3.57. The Morgan fingerprint density at radius 1 is 0.886 bits per heavy atom. The molecule has 0 radical (unpaired) electrons. The molecule has 3 aromatic rings. The van der Waals surface area contributed by atoms with Gasteiger partial charge >= 0.3 is 0 Å². The fourth-order valence-electron chi connectivity index (χ4n) is 4.22. The van der Waals surface area contributed by atoms with Gasteiger partial charge in [0.25, 0.3) is 5.91 Å². The number of amides is 2. The van der Waals surface area contributed by atoms with E-state index in [1.807, 2.05) is 17.5 Å². The van der Waals surface area contributed by atoms with E-state index in [2.05, 4.69) is 4.90 Å². The summed E-state index contributed by atoms with van der Waals surface area (Å²) in [7, 11) is 0. The van der Waals surface area contributed by atoms with Gasteiger partial charge in [-0.15, -0.1) is 11.3 Å². The molecule has 2 aromatic carbocycles. The van der Waals surface area contributed by atoms with Crippen LogP contribution < -0.4 is 0 Å². The first-order chi connectivity index (χ1) is 17.0. The lowest BCUT2D eigenvalue weighted by atomic mass is 10.1. The maximum atomic E-state index is 13.8. The number of hydrogen-bond donors (Lipinski definition) is 0. The summed E-state index contributed by atoms with van der Waals surface area (Å²) < 4.78 is 27.2. The smallest absolute Gasteiger partial charge is 0.254 e. The van der Waals surface area contributed by atoms with Crippen molar-refractivity contribution in [2.45, 2.75) is 25.9 Å². The molecule has 2 heterocycles. The Morgan fingerprint density at radius 2 is 1.66 bits per heavy atom. The molecule has 8 heteroatoms. The zero-order chi connectivity index (χ0) is 24.6. The second kappa shape index (κ2) is 12.0. The van der Waals surface area contributed by atoms with E-state index in [0.717, 1.165) is 36.4 Å². The van der Waals surface area contributed by atoms with E-state index >= 15 is 0 Å². The Kier molecular flexibility index (Phi) is 8.60. The highest BCUT2D eigenvalue weighted by molar-refractivity contribution is 7.09. The minimum Gasteiger partial charge on any atom is -0.332 e. The van der Waals surface area contributed by atoms with E-state index in [1.165, 1.54) is 35.2 Å². The zero-order valence-corrected chi connectivity index (χ0v) is 20.4. The molecule has 1 saturated heterocycles. The first kappa shape index (κ1) is 25.0. The second-order valence-corrected chi connectivity index (χ2v) is 9.77. The number of nitrogens with zero attached hydrogens (tertiary/aromatic N) is 3. The Bertz CT molecular complexity index is 1120. The number of carbonyl (C=O) groups is 2. The Hall–Kier alpha value is -3.10. The van der Waals surface area contributed by atoms with Crippen molar-refractivity contribution in [1.29, 1.82) is 0 Å². The number of benzene rings is 2. The third-order valence-electron chi connectivity index (χ3n) is 6.14. The molecule has 0 aliphatic carbocycles. The van der Waals surface area contributed by atoms with Crippen molar-refractivity contribution < 1.29 is 18.4 Å². The third-order valence-corrected chi connectivity index (χ3v) is 7.00. The van der Waals surface area contributed by atoms with Gasteiger partial charge in [0.05, 0.1) is 6.54 Å². The first-order valence-electron chi connectivity index (χ1n) is 11.8. The van der Waals surface area contributed by atoms with Gasteiger partial charge in [0.1, 0.15) is 18.2 Å². The number of halogens is 2. The summed E-state index contributed by atoms with van der Waals surface area (Å²) >= 11 is 1.55. The van der Waals surface area contributed by atoms with E-state index in [9.17, 15) is 18.4 Å². The summed E-state index contributed by atoms with van der Waals surface area (Å²) in [5.74, 6) is -1.40. The van der Waals surface area contributed by atoms with Crippen molar-refractivity contribution in [3.63, 3.8) is 0 Å². The van der Waals surface area contributed by atoms with Gasteiger partial charge in [-0.25, -0.2) is 8.78 Å². The number of rotatable bonds is 10. The second-order valence-electron chi connectivity index (χ2n) is 8.74. The predicted octanol–water partition coefficient (Wildman–Crippen LogP) is 4.79. The number of hydrogen-bond acceptors (Lipinski definition) is 4. The van der Waals surface area contributed by atoms with Gasteiger partial charge in [-0.3, -0.25) is 9.59 Å². The summed E-state index contributed by atoms with van der Waals surface area (Å²) in [4.78, 5) is 33.3. The minimum absolute atomic E-state index is 0.115. The summed E-state index contributed by atoms with van der Waals surface area (Å²) in [6, 6.07) is 15.5. The molecule has 0 spiro atoms. The molecular formula is C27H29F2N3O2S. The molecule has 35 heavy (non-hydrogen) atoms. The lowest BCUT2D eigenvalue weighted by Gasteiger charge is -2.29. The molecule has 0 atom stereocenters. The summed E-state index contributed by atoms with van der Waals surface area (Å²) in [6.07, 6.45) is 2.26. The van der Waals surface area contributed by atoms with Gasteiger partial charge in [-0.05, 0) is 73.3 Å². The standard InChI is InChI=1S/C27H29F2N3O2S/c28-23-10-8-21(9-11-23)18-32(19-25-7-4-16-35-25)26(33)20-31(15-14-30-12-1-2-13-30)27(34)22-5-3-6-24(29)17-22/h3-11,16-17H,1-2,12-15,18-20H2. The lowest BCUT2D eigenvalue weighted by Crippen LogP contribution is -2.45. The van der Waals surface area contributed by atoms with Crippen LogP contribution >= 0.6 is 11.3 Å². The fraction of sp³-hybridized carbons (Fsp3) is 0.333. The molecule has 1 fully saturated rings. The zero-order valence-electron chi connectivity index (χ0n) is 19.5. The Balaban J connectivity index is 1.52. The number of carbonyl (C=O) groups excluding carboxylic acids is 2. The summed E-state index contributed by atoms with van der Waals surface area (Å²) in [5, 5.41) is 1.95. The summed E-state index contributed by atoms with van der Waals surface area (Å²) in [5.41, 5.74) is 1.03. The SMILES string of the molecule is O=C(CN(CCN1CCCC1)C(=O)c1cccc(F)c1)N(Cc1ccc(F)cc1)Cc1cccs1. The van der Waals surface area contributed by atoms with Crippen LogP contribution in [0.4, 0.5) is 8.78 Å². The molecular weight excluding hydrogens is 468 g/mol. The largest absolute Gasteiger partial charge is 0.332 e. The predicted molar refractivity (Wildman–Crippen MR) is 133 cm³/mol. The molecule has 184 valence electrons. The van der Waals surface area contributed by atoms with Crippen LogP contribution in [0.25, 0.3) is 0 Å². The van der Waals surface area contributed by atoms with Crippen LogP contribution in [-0.2, 0) is 17.9 Å². The lowest BCUT2D eigenvalue weighted by molar-refractivity contribution is -0.133. The van der Waals surface area contributed by atoms with E-state index in [-0.39, 0.29) is 29.7 Å². The van der Waals surface area contributed by atoms with E-state index < -0.39 is 5.82 Å². The number of likely N-dealkylation sites (tertiary alicyclic amines) is 1. The van der Waals surface area contributed by atoms with Crippen LogP contribution in [0.2, 0.25) is 0 Å². The number of thiophene rings is 1. The van der Waals surface area contributed by atoms with Gasteiger partial charge < -0.3 is 14.7 Å². The van der Waals surface area contributed by atoms with Crippen LogP contribution in [0.3, 0.4) is 0 Å². The molecule has 0 bridgehead atoms. The Morgan fingerprint density at radius 3 is 2.34 bits per heavy atom. The van der Waals surface area contributed by atoms with Crippen LogP contribution in [0.15, 0.2) is 66.0 Å². The highest BCUT2D eigenvalue weighted by Gasteiger charge is 2.24. The average Bonchev–Trinajstić information content (AvgIpc) is 3.56. The van der Waals surface area contributed by atoms with Gasteiger partial charge in [0, 0.05) is 30.1 Å². The van der Waals surface area contributed by atoms with E-state index in [4.69, 9.17) is 0 Å². The van der Waals surface area contributed by atoms with Crippen molar-refractivity contribution in [2.24, 2.45) is 0 Å². The molecule has 5 nitrogen and oxygen atoms in total. The van der Waals surface area contributed by atoms with Gasteiger partial charge in [0.15, 0.2) is 0 Å². The normalized spacial score (nSPS) is 13.7. The van der Waals surface area contributed by atoms with Crippen molar-refractivity contribution in [2.75, 3.05) is 32.7 Å². The van der Waals surface area contributed by atoms with E-state index in [0.29, 0.717) is 26.2 Å². The van der Waals surface area contributed by atoms with Crippen LogP contribution in [-0.4, -0.2) is 59.2 Å². The monoisotopic (exact) mass is 497 g/mol. The quantitative estimate of drug-likeness (QED) is 0.405. The molecule has 4 rings (SSSR count). The molecule has 2 amide bonds. The van der Waals surface area contributed by atoms with Gasteiger partial charge in [-0.1, -0.05) is 24.3 Å². The van der Waals surface area contributed by atoms with Gasteiger partial charge in [-0.2, -0.15) is 0 Å². The van der Waals surface area contributed by atoms with Crippen LogP contribution in [0.5, 0.6) is 0 Å². The molecule has 0 N–H and O–H groups in total. The van der Waals surface area contributed by atoms with Crippen LogP contribution in [0.1, 0.15) is 33.6 Å².